The molecule has 1 saturated carbocycles. The van der Waals surface area contributed by atoms with Gasteiger partial charge in [0, 0.05) is 43.2 Å². The molecule has 1 saturated heterocycles. The van der Waals surface area contributed by atoms with Gasteiger partial charge in [-0.25, -0.2) is 9.78 Å². The molecule has 1 aliphatic heterocycles. The molecule has 1 N–H and O–H groups in total. The van der Waals surface area contributed by atoms with Crippen LogP contribution in [0.25, 0.3) is 0 Å². The number of carbonyl (C=O) groups excluding carboxylic acids is 1. The molecule has 2 aromatic rings. The van der Waals surface area contributed by atoms with Crippen molar-refractivity contribution in [3.63, 3.8) is 0 Å². The first-order valence-electron chi connectivity index (χ1n) is 13.6. The van der Waals surface area contributed by atoms with Crippen molar-refractivity contribution in [2.75, 3.05) is 31.1 Å². The summed E-state index contributed by atoms with van der Waals surface area (Å²) in [6.07, 6.45) is 6.27. The van der Waals surface area contributed by atoms with Gasteiger partial charge in [-0.3, -0.25) is 9.69 Å². The van der Waals surface area contributed by atoms with E-state index in [1.807, 2.05) is 49.9 Å². The average molecular weight is 538 g/mol. The van der Waals surface area contributed by atoms with Crippen LogP contribution in [0.15, 0.2) is 30.5 Å². The predicted molar refractivity (Wildman–Crippen MR) is 151 cm³/mol. The van der Waals surface area contributed by atoms with Crippen LogP contribution < -0.4 is 9.64 Å². The lowest BCUT2D eigenvalue weighted by Gasteiger charge is -2.34. The summed E-state index contributed by atoms with van der Waals surface area (Å²) in [5.74, 6) is 6.56. The van der Waals surface area contributed by atoms with Crippen molar-refractivity contribution in [2.24, 2.45) is 17.3 Å². The molecule has 3 heterocycles. The number of pyridine rings is 1. The maximum absolute atomic E-state index is 14.0. The Balaban J connectivity index is 1.56. The van der Waals surface area contributed by atoms with Gasteiger partial charge >= 0.3 is 5.97 Å². The lowest BCUT2D eigenvalue weighted by atomic mass is 9.82. The molecule has 204 valence electrons. The molecule has 1 atom stereocenters. The minimum absolute atomic E-state index is 0.0594. The average Bonchev–Trinajstić information content (AvgIpc) is 3.51. The minimum Gasteiger partial charge on any atom is -0.477 e. The number of carboxylic acid groups (broad SMARTS) is 1. The fraction of sp³-hybridized carbons (Fsp3) is 0.567. The first kappa shape index (κ1) is 28.1. The second kappa shape index (κ2) is 12.3. The van der Waals surface area contributed by atoms with Crippen LogP contribution in [-0.4, -0.2) is 59.1 Å². The highest BCUT2D eigenvalue weighted by Crippen LogP contribution is 2.37. The first-order valence-corrected chi connectivity index (χ1v) is 14.4. The number of amides is 1. The zero-order valence-corrected chi connectivity index (χ0v) is 23.7. The topological polar surface area (TPSA) is 83.0 Å². The van der Waals surface area contributed by atoms with Crippen molar-refractivity contribution in [2.45, 2.75) is 65.8 Å². The molecule has 0 radical (unpaired) electrons. The van der Waals surface area contributed by atoms with Crippen molar-refractivity contribution in [3.05, 3.63) is 40.2 Å². The van der Waals surface area contributed by atoms with Crippen LogP contribution in [0.1, 0.15) is 74.3 Å². The Morgan fingerprint density at radius 3 is 2.63 bits per heavy atom. The van der Waals surface area contributed by atoms with Gasteiger partial charge in [0.05, 0.1) is 16.6 Å². The number of thiophene rings is 1. The molecule has 2 aromatic heterocycles. The number of anilines is 1. The lowest BCUT2D eigenvalue weighted by Crippen LogP contribution is -2.46. The van der Waals surface area contributed by atoms with Crippen LogP contribution in [0.4, 0.5) is 5.69 Å². The Labute approximate surface area is 230 Å². The Bertz CT molecular complexity index is 1170. The van der Waals surface area contributed by atoms with Crippen LogP contribution in [0.3, 0.4) is 0 Å². The summed E-state index contributed by atoms with van der Waals surface area (Å²) >= 11 is 1.16. The van der Waals surface area contributed by atoms with Gasteiger partial charge in [-0.2, -0.15) is 0 Å². The number of nitrogens with zero attached hydrogens (tertiary/aromatic N) is 3. The normalized spacial score (nSPS) is 21.9. The molecule has 1 amide bonds. The van der Waals surface area contributed by atoms with Gasteiger partial charge < -0.3 is 14.7 Å². The summed E-state index contributed by atoms with van der Waals surface area (Å²) in [7, 11) is 0. The smallest absolute Gasteiger partial charge is 0.348 e. The van der Waals surface area contributed by atoms with E-state index in [9.17, 15) is 14.7 Å². The quantitative estimate of drug-likeness (QED) is 0.445. The maximum Gasteiger partial charge on any atom is 0.348 e. The van der Waals surface area contributed by atoms with E-state index >= 15 is 0 Å². The number of rotatable bonds is 8. The fourth-order valence-electron chi connectivity index (χ4n) is 5.16. The Morgan fingerprint density at radius 2 is 1.97 bits per heavy atom. The molecule has 1 unspecified atom stereocenters. The largest absolute Gasteiger partial charge is 0.477 e. The van der Waals surface area contributed by atoms with Crippen molar-refractivity contribution in [3.8, 4) is 17.7 Å². The molecule has 7 nitrogen and oxygen atoms in total. The summed E-state index contributed by atoms with van der Waals surface area (Å²) in [5, 5.41) is 10.1. The summed E-state index contributed by atoms with van der Waals surface area (Å²) < 4.78 is 5.78. The summed E-state index contributed by atoms with van der Waals surface area (Å²) in [4.78, 5) is 35.6. The van der Waals surface area contributed by atoms with E-state index in [-0.39, 0.29) is 28.2 Å². The summed E-state index contributed by atoms with van der Waals surface area (Å²) in [6.45, 7) is 11.0. The third-order valence-electron chi connectivity index (χ3n) is 7.24. The minimum atomic E-state index is -1.01. The van der Waals surface area contributed by atoms with Gasteiger partial charge in [-0.1, -0.05) is 24.8 Å². The second-order valence-electron chi connectivity index (χ2n) is 11.6. The van der Waals surface area contributed by atoms with Crippen LogP contribution in [0, 0.1) is 29.1 Å². The number of carbonyl (C=O) groups is 2. The highest BCUT2D eigenvalue weighted by Gasteiger charge is 2.38. The Morgan fingerprint density at radius 1 is 1.21 bits per heavy atom. The number of aromatic nitrogens is 1. The SMILES string of the molecule is CC1CCC(C(=O)N(c2cc(C#CC(C)(C)C)sc2C(=O)O)C2CCN(CCOc3ccccn3)C2)CC1. The van der Waals surface area contributed by atoms with Crippen LogP contribution >= 0.6 is 11.3 Å². The van der Waals surface area contributed by atoms with Gasteiger partial charge in [0.25, 0.3) is 0 Å². The molecule has 2 aliphatic rings. The van der Waals surface area contributed by atoms with E-state index in [2.05, 4.69) is 28.6 Å². The standard InChI is InChI=1S/C30H39N3O4S/c1-21-8-10-22(11-9-21)28(34)33(25-19-24(12-14-30(2,3)4)38-27(25)29(35)36)23-13-16-32(20-23)17-18-37-26-7-5-6-15-31-26/h5-7,15,19,21-23H,8-11,13,16-18,20H2,1-4H3,(H,35,36). The third-order valence-corrected chi connectivity index (χ3v) is 8.27. The van der Waals surface area contributed by atoms with E-state index < -0.39 is 5.97 Å². The highest BCUT2D eigenvalue weighted by atomic mass is 32.1. The molecular weight excluding hydrogens is 498 g/mol. The van der Waals surface area contributed by atoms with Crippen molar-refractivity contribution >= 4 is 28.9 Å². The van der Waals surface area contributed by atoms with Gasteiger partial charge in [0.1, 0.15) is 11.5 Å². The predicted octanol–water partition coefficient (Wildman–Crippen LogP) is 5.55. The van der Waals surface area contributed by atoms with E-state index in [4.69, 9.17) is 4.74 Å². The molecule has 0 aromatic carbocycles. The molecule has 1 aliphatic carbocycles. The highest BCUT2D eigenvalue weighted by molar-refractivity contribution is 7.15. The number of hydrogen-bond donors (Lipinski definition) is 1. The van der Waals surface area contributed by atoms with Crippen molar-refractivity contribution < 1.29 is 19.4 Å². The number of ether oxygens (including phenoxy) is 1. The molecule has 0 spiro atoms. The van der Waals surface area contributed by atoms with Crippen LogP contribution in [0.5, 0.6) is 5.88 Å². The zero-order chi connectivity index (χ0) is 27.3. The maximum atomic E-state index is 14.0. The monoisotopic (exact) mass is 537 g/mol. The van der Waals surface area contributed by atoms with Crippen molar-refractivity contribution in [1.29, 1.82) is 0 Å². The van der Waals surface area contributed by atoms with E-state index in [0.29, 0.717) is 42.1 Å². The van der Waals surface area contributed by atoms with Gasteiger partial charge in [-0.15, -0.1) is 11.3 Å². The molecular formula is C30H39N3O4S. The van der Waals surface area contributed by atoms with E-state index in [1.165, 1.54) is 0 Å². The number of aromatic carboxylic acids is 1. The number of likely N-dealkylation sites (tertiary alicyclic amines) is 1. The Kier molecular flexibility index (Phi) is 9.11. The van der Waals surface area contributed by atoms with E-state index in [0.717, 1.165) is 50.0 Å². The van der Waals surface area contributed by atoms with Crippen molar-refractivity contribution in [1.82, 2.24) is 9.88 Å². The molecule has 0 bridgehead atoms. The molecule has 2 fully saturated rings. The Hall–Kier alpha value is -2.89. The third kappa shape index (κ3) is 7.36. The number of hydrogen-bond acceptors (Lipinski definition) is 6. The van der Waals surface area contributed by atoms with Gasteiger partial charge in [0.2, 0.25) is 11.8 Å². The van der Waals surface area contributed by atoms with Gasteiger partial charge in [0.15, 0.2) is 0 Å². The first-order chi connectivity index (χ1) is 18.1. The molecule has 38 heavy (non-hydrogen) atoms. The zero-order valence-electron chi connectivity index (χ0n) is 22.9. The lowest BCUT2D eigenvalue weighted by molar-refractivity contribution is -0.124. The van der Waals surface area contributed by atoms with E-state index in [1.54, 1.807) is 6.20 Å². The second-order valence-corrected chi connectivity index (χ2v) is 12.6. The molecule has 4 rings (SSSR count). The molecule has 8 heteroatoms. The van der Waals surface area contributed by atoms with Crippen LogP contribution in [0.2, 0.25) is 0 Å². The summed E-state index contributed by atoms with van der Waals surface area (Å²) in [5.41, 5.74) is 0.298. The van der Waals surface area contributed by atoms with Crippen LogP contribution in [-0.2, 0) is 4.79 Å². The summed E-state index contributed by atoms with van der Waals surface area (Å²) in [6, 6.07) is 7.32. The fourth-order valence-corrected chi connectivity index (χ4v) is 6.00. The van der Waals surface area contributed by atoms with Gasteiger partial charge in [-0.05, 0) is 70.9 Å². The number of carboxylic acids is 1.